The molecule has 1 aliphatic rings. The molecule has 0 N–H and O–H groups in total. The van der Waals surface area contributed by atoms with E-state index in [1.165, 1.54) is 17.4 Å². The van der Waals surface area contributed by atoms with Crippen LogP contribution in [0.1, 0.15) is 24.5 Å². The summed E-state index contributed by atoms with van der Waals surface area (Å²) >= 11 is 0. The summed E-state index contributed by atoms with van der Waals surface area (Å²) in [6, 6.07) is 20.5. The summed E-state index contributed by atoms with van der Waals surface area (Å²) in [5, 5.41) is 0. The highest BCUT2D eigenvalue weighted by Gasteiger charge is 2.47. The standard InChI is InChI=1S/C18H21NO2S/c1-15-13-18(14-19(15)22(2,20)21,16-9-5-3-6-10-16)17-11-7-4-8-12-17/h3-12,15H,13-14H2,1-2H3. The first-order chi connectivity index (χ1) is 10.4. The van der Waals surface area contributed by atoms with E-state index in [0.717, 1.165) is 6.42 Å². The van der Waals surface area contributed by atoms with Gasteiger partial charge in [-0.15, -0.1) is 0 Å². The molecule has 0 saturated carbocycles. The predicted octanol–water partition coefficient (Wildman–Crippen LogP) is 3.03. The molecule has 1 fully saturated rings. The average Bonchev–Trinajstić information content (AvgIpc) is 2.88. The number of sulfonamides is 1. The van der Waals surface area contributed by atoms with Crippen molar-refractivity contribution in [3.8, 4) is 0 Å². The van der Waals surface area contributed by atoms with Crippen LogP contribution in [0.3, 0.4) is 0 Å². The third kappa shape index (κ3) is 2.57. The monoisotopic (exact) mass is 315 g/mol. The number of rotatable bonds is 3. The van der Waals surface area contributed by atoms with Crippen LogP contribution in [-0.2, 0) is 15.4 Å². The fraction of sp³-hybridized carbons (Fsp3) is 0.333. The Kier molecular flexibility index (Phi) is 3.83. The van der Waals surface area contributed by atoms with Crippen molar-refractivity contribution in [2.75, 3.05) is 12.8 Å². The van der Waals surface area contributed by atoms with E-state index in [-0.39, 0.29) is 11.5 Å². The lowest BCUT2D eigenvalue weighted by Crippen LogP contribution is -2.36. The third-order valence-electron chi connectivity index (χ3n) is 4.64. The number of benzene rings is 2. The zero-order chi connectivity index (χ0) is 15.8. The number of hydrogen-bond acceptors (Lipinski definition) is 2. The molecule has 2 aromatic rings. The third-order valence-corrected chi connectivity index (χ3v) is 5.98. The maximum absolute atomic E-state index is 12.1. The summed E-state index contributed by atoms with van der Waals surface area (Å²) < 4.78 is 25.9. The first kappa shape index (κ1) is 15.3. The van der Waals surface area contributed by atoms with E-state index >= 15 is 0 Å². The molecule has 3 rings (SSSR count). The number of nitrogens with zero attached hydrogens (tertiary/aromatic N) is 1. The summed E-state index contributed by atoms with van der Waals surface area (Å²) in [5.74, 6) is 0. The van der Waals surface area contributed by atoms with Crippen molar-refractivity contribution >= 4 is 10.0 Å². The molecule has 0 bridgehead atoms. The average molecular weight is 315 g/mol. The van der Waals surface area contributed by atoms with Gasteiger partial charge in [-0.2, -0.15) is 4.31 Å². The Labute approximate surface area is 132 Å². The van der Waals surface area contributed by atoms with Gasteiger partial charge in [-0.05, 0) is 24.5 Å². The van der Waals surface area contributed by atoms with Crippen LogP contribution in [0.5, 0.6) is 0 Å². The lowest BCUT2D eigenvalue weighted by molar-refractivity contribution is 0.407. The second kappa shape index (κ2) is 5.52. The molecule has 1 aliphatic heterocycles. The Morgan fingerprint density at radius 2 is 1.41 bits per heavy atom. The van der Waals surface area contributed by atoms with Crippen molar-refractivity contribution in [2.24, 2.45) is 0 Å². The minimum absolute atomic E-state index is 0.00425. The van der Waals surface area contributed by atoms with Crippen LogP contribution in [0, 0.1) is 0 Å². The Morgan fingerprint density at radius 1 is 0.955 bits per heavy atom. The van der Waals surface area contributed by atoms with Gasteiger partial charge in [0, 0.05) is 18.0 Å². The van der Waals surface area contributed by atoms with E-state index in [1.807, 2.05) is 43.3 Å². The van der Waals surface area contributed by atoms with Crippen LogP contribution in [-0.4, -0.2) is 31.6 Å². The molecule has 0 spiro atoms. The molecule has 1 saturated heterocycles. The molecule has 3 nitrogen and oxygen atoms in total. The summed E-state index contributed by atoms with van der Waals surface area (Å²) in [5.41, 5.74) is 2.09. The van der Waals surface area contributed by atoms with Gasteiger partial charge in [0.25, 0.3) is 0 Å². The molecule has 1 atom stereocenters. The SMILES string of the molecule is CC1CC(c2ccccc2)(c2ccccc2)CN1S(C)(=O)=O. The minimum atomic E-state index is -3.21. The van der Waals surface area contributed by atoms with Gasteiger partial charge in [-0.3, -0.25) is 0 Å². The van der Waals surface area contributed by atoms with Crippen LogP contribution >= 0.6 is 0 Å². The van der Waals surface area contributed by atoms with Gasteiger partial charge in [0.1, 0.15) is 0 Å². The van der Waals surface area contributed by atoms with Gasteiger partial charge in [0.2, 0.25) is 10.0 Å². The second-order valence-corrected chi connectivity index (χ2v) is 8.11. The molecule has 0 aliphatic carbocycles. The summed E-state index contributed by atoms with van der Waals surface area (Å²) in [7, 11) is -3.21. The Bertz CT molecular complexity index is 702. The molecule has 0 radical (unpaired) electrons. The Balaban J connectivity index is 2.15. The zero-order valence-corrected chi connectivity index (χ0v) is 13.8. The molecular formula is C18H21NO2S. The highest BCUT2D eigenvalue weighted by molar-refractivity contribution is 7.88. The number of hydrogen-bond donors (Lipinski definition) is 0. The maximum atomic E-state index is 12.1. The van der Waals surface area contributed by atoms with E-state index in [0.29, 0.717) is 6.54 Å². The highest BCUT2D eigenvalue weighted by atomic mass is 32.2. The summed E-state index contributed by atoms with van der Waals surface area (Å²) in [6.07, 6.45) is 2.10. The quantitative estimate of drug-likeness (QED) is 0.873. The van der Waals surface area contributed by atoms with Crippen molar-refractivity contribution in [3.63, 3.8) is 0 Å². The topological polar surface area (TPSA) is 37.4 Å². The lowest BCUT2D eigenvalue weighted by Gasteiger charge is -2.30. The summed E-state index contributed by atoms with van der Waals surface area (Å²) in [6.45, 7) is 2.50. The second-order valence-electron chi connectivity index (χ2n) is 6.18. The molecule has 22 heavy (non-hydrogen) atoms. The van der Waals surface area contributed by atoms with Gasteiger partial charge < -0.3 is 0 Å². The lowest BCUT2D eigenvalue weighted by atomic mass is 9.73. The Hall–Kier alpha value is -1.65. The molecule has 116 valence electrons. The van der Waals surface area contributed by atoms with E-state index in [9.17, 15) is 8.42 Å². The first-order valence-electron chi connectivity index (χ1n) is 7.51. The normalized spacial score (nSPS) is 21.8. The van der Waals surface area contributed by atoms with Gasteiger partial charge in [-0.1, -0.05) is 60.7 Å². The van der Waals surface area contributed by atoms with Gasteiger partial charge in [-0.25, -0.2) is 8.42 Å². The molecular weight excluding hydrogens is 294 g/mol. The zero-order valence-electron chi connectivity index (χ0n) is 12.9. The van der Waals surface area contributed by atoms with E-state index < -0.39 is 10.0 Å². The molecule has 0 amide bonds. The van der Waals surface area contributed by atoms with Crippen LogP contribution in [0.25, 0.3) is 0 Å². The minimum Gasteiger partial charge on any atom is -0.212 e. The van der Waals surface area contributed by atoms with Crippen LogP contribution in [0.4, 0.5) is 0 Å². The van der Waals surface area contributed by atoms with E-state index in [4.69, 9.17) is 0 Å². The van der Waals surface area contributed by atoms with Crippen molar-refractivity contribution in [2.45, 2.75) is 24.8 Å². The van der Waals surface area contributed by atoms with Crippen molar-refractivity contribution in [1.29, 1.82) is 0 Å². The fourth-order valence-electron chi connectivity index (χ4n) is 3.64. The van der Waals surface area contributed by atoms with Crippen LogP contribution < -0.4 is 0 Å². The van der Waals surface area contributed by atoms with Gasteiger partial charge in [0.05, 0.1) is 6.26 Å². The highest BCUT2D eigenvalue weighted by Crippen LogP contribution is 2.44. The van der Waals surface area contributed by atoms with E-state index in [1.54, 1.807) is 4.31 Å². The molecule has 2 aromatic carbocycles. The first-order valence-corrected chi connectivity index (χ1v) is 9.36. The smallest absolute Gasteiger partial charge is 0.211 e. The van der Waals surface area contributed by atoms with Crippen molar-refractivity contribution in [3.05, 3.63) is 71.8 Å². The largest absolute Gasteiger partial charge is 0.212 e. The maximum Gasteiger partial charge on any atom is 0.211 e. The van der Waals surface area contributed by atoms with Crippen molar-refractivity contribution in [1.82, 2.24) is 4.31 Å². The predicted molar refractivity (Wildman–Crippen MR) is 89.3 cm³/mol. The molecule has 4 heteroatoms. The molecule has 1 unspecified atom stereocenters. The Morgan fingerprint density at radius 3 is 1.77 bits per heavy atom. The molecule has 0 aromatic heterocycles. The fourth-order valence-corrected chi connectivity index (χ4v) is 4.82. The van der Waals surface area contributed by atoms with Gasteiger partial charge >= 0.3 is 0 Å². The van der Waals surface area contributed by atoms with Crippen LogP contribution in [0.2, 0.25) is 0 Å². The summed E-state index contributed by atoms with van der Waals surface area (Å²) in [4.78, 5) is 0. The molecule has 1 heterocycles. The van der Waals surface area contributed by atoms with Crippen LogP contribution in [0.15, 0.2) is 60.7 Å². The van der Waals surface area contributed by atoms with Crippen molar-refractivity contribution < 1.29 is 8.42 Å². The van der Waals surface area contributed by atoms with E-state index in [2.05, 4.69) is 24.3 Å². The van der Waals surface area contributed by atoms with Gasteiger partial charge in [0.15, 0.2) is 0 Å².